The minimum Gasteiger partial charge on any atom is -0.384 e. The normalized spacial score (nSPS) is 13.4. The van der Waals surface area contributed by atoms with Crippen LogP contribution in [-0.2, 0) is 19.5 Å². The highest BCUT2D eigenvalue weighted by atomic mass is 16.1. The maximum absolute atomic E-state index is 12.8. The number of anilines is 3. The summed E-state index contributed by atoms with van der Waals surface area (Å²) >= 11 is 0. The molecule has 1 aromatic carbocycles. The third kappa shape index (κ3) is 3.09. The first kappa shape index (κ1) is 18.3. The number of nitrogen functional groups attached to an aromatic ring is 1. The molecule has 0 amide bonds. The highest BCUT2D eigenvalue weighted by Gasteiger charge is 2.18. The van der Waals surface area contributed by atoms with Crippen molar-refractivity contribution in [2.24, 2.45) is 0 Å². The molecule has 0 radical (unpaired) electrons. The summed E-state index contributed by atoms with van der Waals surface area (Å²) in [7, 11) is 0. The summed E-state index contributed by atoms with van der Waals surface area (Å²) in [5, 5.41) is 7.08. The number of rotatable bonds is 4. The average Bonchev–Trinajstić information content (AvgIpc) is 3.04. The Morgan fingerprint density at radius 3 is 2.93 bits per heavy atom. The largest absolute Gasteiger partial charge is 0.384 e. The van der Waals surface area contributed by atoms with Crippen LogP contribution in [0.5, 0.6) is 0 Å². The van der Waals surface area contributed by atoms with Crippen LogP contribution >= 0.6 is 0 Å². The molecule has 9 nitrogen and oxygen atoms in total. The molecule has 0 spiro atoms. The number of nitrogens with one attached hydrogen (secondary N) is 2. The number of hydrogen-bond donors (Lipinski definition) is 3. The second-order valence-corrected chi connectivity index (χ2v) is 7.22. The van der Waals surface area contributed by atoms with Crippen LogP contribution < -0.4 is 21.9 Å². The summed E-state index contributed by atoms with van der Waals surface area (Å²) < 4.78 is 3.27. The SMILES string of the molecule is CCn1c(=O)c2cnc(Nc3ccc4c(c3)CNCC4)nc2n1-c1cccc(N)n1. The van der Waals surface area contributed by atoms with Gasteiger partial charge in [0, 0.05) is 25.0 Å². The molecule has 4 heterocycles. The van der Waals surface area contributed by atoms with E-state index in [2.05, 4.69) is 37.7 Å². The van der Waals surface area contributed by atoms with Gasteiger partial charge in [-0.1, -0.05) is 12.1 Å². The lowest BCUT2D eigenvalue weighted by atomic mass is 10.0. The van der Waals surface area contributed by atoms with E-state index in [0.717, 1.165) is 25.2 Å². The molecule has 3 aromatic heterocycles. The number of hydrogen-bond acceptors (Lipinski definition) is 7. The van der Waals surface area contributed by atoms with Crippen molar-refractivity contribution < 1.29 is 0 Å². The van der Waals surface area contributed by atoms with Crippen LogP contribution in [0.1, 0.15) is 18.1 Å². The summed E-state index contributed by atoms with van der Waals surface area (Å²) in [6.07, 6.45) is 2.59. The Labute approximate surface area is 172 Å². The predicted octanol–water partition coefficient (Wildman–Crippen LogP) is 1.97. The van der Waals surface area contributed by atoms with Gasteiger partial charge in [-0.05, 0) is 55.3 Å². The number of pyridine rings is 1. The average molecular weight is 402 g/mol. The van der Waals surface area contributed by atoms with Gasteiger partial charge in [-0.15, -0.1) is 0 Å². The molecule has 5 rings (SSSR count). The Morgan fingerprint density at radius 1 is 1.20 bits per heavy atom. The van der Waals surface area contributed by atoms with Gasteiger partial charge in [0.05, 0.1) is 0 Å². The molecule has 9 heteroatoms. The minimum atomic E-state index is -0.164. The van der Waals surface area contributed by atoms with Gasteiger partial charge >= 0.3 is 0 Å². The van der Waals surface area contributed by atoms with Crippen LogP contribution in [0, 0.1) is 0 Å². The summed E-state index contributed by atoms with van der Waals surface area (Å²) in [4.78, 5) is 26.2. The van der Waals surface area contributed by atoms with Crippen molar-refractivity contribution in [3.63, 3.8) is 0 Å². The van der Waals surface area contributed by atoms with E-state index in [-0.39, 0.29) is 5.56 Å². The van der Waals surface area contributed by atoms with Gasteiger partial charge in [-0.3, -0.25) is 4.79 Å². The highest BCUT2D eigenvalue weighted by Crippen LogP contribution is 2.22. The van der Waals surface area contributed by atoms with Crippen LogP contribution in [0.4, 0.5) is 17.5 Å². The zero-order chi connectivity index (χ0) is 20.7. The van der Waals surface area contributed by atoms with Gasteiger partial charge in [0.1, 0.15) is 11.2 Å². The molecule has 0 saturated carbocycles. The van der Waals surface area contributed by atoms with Gasteiger partial charge in [0.25, 0.3) is 5.56 Å². The number of fused-ring (bicyclic) bond motifs is 2. The van der Waals surface area contributed by atoms with E-state index >= 15 is 0 Å². The molecular weight excluding hydrogens is 380 g/mol. The summed E-state index contributed by atoms with van der Waals surface area (Å²) in [5.41, 5.74) is 9.72. The maximum atomic E-state index is 12.8. The van der Waals surface area contributed by atoms with Crippen molar-refractivity contribution in [3.05, 3.63) is 64.1 Å². The van der Waals surface area contributed by atoms with Crippen LogP contribution in [0.2, 0.25) is 0 Å². The van der Waals surface area contributed by atoms with Crippen molar-refractivity contribution >= 4 is 28.5 Å². The Balaban J connectivity index is 1.60. The molecule has 4 aromatic rings. The fourth-order valence-electron chi connectivity index (χ4n) is 3.85. The van der Waals surface area contributed by atoms with E-state index in [1.165, 1.54) is 11.1 Å². The van der Waals surface area contributed by atoms with E-state index in [0.29, 0.717) is 35.2 Å². The standard InChI is InChI=1S/C21H22N8O/c1-2-28-20(30)16-12-24-21(25-15-7-6-13-8-9-23-11-14(13)10-15)27-19(16)29(28)18-5-3-4-17(22)26-18/h3-7,10,12,23H,2,8-9,11H2,1H3,(H2,22,26)(H,24,25,27). The number of aromatic nitrogens is 5. The Hall–Kier alpha value is -3.72. The maximum Gasteiger partial charge on any atom is 0.278 e. The fourth-order valence-corrected chi connectivity index (χ4v) is 3.85. The molecule has 4 N–H and O–H groups in total. The highest BCUT2D eigenvalue weighted by molar-refractivity contribution is 5.77. The first-order chi connectivity index (χ1) is 14.6. The van der Waals surface area contributed by atoms with E-state index in [1.807, 2.05) is 13.0 Å². The van der Waals surface area contributed by atoms with Gasteiger partial charge in [-0.2, -0.15) is 4.98 Å². The Morgan fingerprint density at radius 2 is 2.10 bits per heavy atom. The molecular formula is C21H22N8O. The van der Waals surface area contributed by atoms with Crippen molar-refractivity contribution in [1.29, 1.82) is 0 Å². The van der Waals surface area contributed by atoms with Crippen LogP contribution in [0.3, 0.4) is 0 Å². The molecule has 0 atom stereocenters. The molecule has 1 aliphatic heterocycles. The Bertz CT molecular complexity index is 1310. The summed E-state index contributed by atoms with van der Waals surface area (Å²) in [6.45, 7) is 4.22. The number of benzene rings is 1. The fraction of sp³-hybridized carbons (Fsp3) is 0.238. The molecule has 1 aliphatic rings. The lowest BCUT2D eigenvalue weighted by Gasteiger charge is -2.18. The molecule has 0 unspecified atom stereocenters. The molecule has 0 aliphatic carbocycles. The molecule has 30 heavy (non-hydrogen) atoms. The Kier molecular flexibility index (Phi) is 4.44. The summed E-state index contributed by atoms with van der Waals surface area (Å²) in [6, 6.07) is 11.6. The van der Waals surface area contributed by atoms with E-state index < -0.39 is 0 Å². The van der Waals surface area contributed by atoms with Crippen LogP contribution in [0.25, 0.3) is 16.9 Å². The zero-order valence-electron chi connectivity index (χ0n) is 16.6. The number of nitrogens with zero attached hydrogens (tertiary/aromatic N) is 5. The lowest BCUT2D eigenvalue weighted by molar-refractivity contribution is 0.568. The smallest absolute Gasteiger partial charge is 0.278 e. The van der Waals surface area contributed by atoms with E-state index in [1.54, 1.807) is 33.8 Å². The van der Waals surface area contributed by atoms with Crippen molar-refractivity contribution in [3.8, 4) is 5.82 Å². The van der Waals surface area contributed by atoms with E-state index in [4.69, 9.17) is 5.73 Å². The third-order valence-corrected chi connectivity index (χ3v) is 5.30. The van der Waals surface area contributed by atoms with Gasteiger partial charge in [-0.25, -0.2) is 19.3 Å². The minimum absolute atomic E-state index is 0.164. The number of nitrogens with two attached hydrogens (primary N) is 1. The van der Waals surface area contributed by atoms with Gasteiger partial charge in [0.2, 0.25) is 5.95 Å². The first-order valence-electron chi connectivity index (χ1n) is 9.95. The monoisotopic (exact) mass is 402 g/mol. The van der Waals surface area contributed by atoms with Crippen molar-refractivity contribution in [2.45, 2.75) is 26.4 Å². The van der Waals surface area contributed by atoms with E-state index in [9.17, 15) is 4.79 Å². The predicted molar refractivity (Wildman–Crippen MR) is 116 cm³/mol. The van der Waals surface area contributed by atoms with Gasteiger partial charge < -0.3 is 16.4 Å². The topological polar surface area (TPSA) is 116 Å². The van der Waals surface area contributed by atoms with Gasteiger partial charge in [0.15, 0.2) is 11.5 Å². The quantitative estimate of drug-likeness (QED) is 0.478. The van der Waals surface area contributed by atoms with Crippen LogP contribution in [0.15, 0.2) is 47.4 Å². The molecule has 0 fully saturated rings. The molecule has 152 valence electrons. The molecule has 0 saturated heterocycles. The summed E-state index contributed by atoms with van der Waals surface area (Å²) in [5.74, 6) is 1.32. The van der Waals surface area contributed by atoms with Crippen molar-refractivity contribution in [1.82, 2.24) is 29.6 Å². The second-order valence-electron chi connectivity index (χ2n) is 7.22. The zero-order valence-corrected chi connectivity index (χ0v) is 16.6. The van der Waals surface area contributed by atoms with Crippen molar-refractivity contribution in [2.75, 3.05) is 17.6 Å². The van der Waals surface area contributed by atoms with Crippen LogP contribution in [-0.4, -0.2) is 30.9 Å². The first-order valence-corrected chi connectivity index (χ1v) is 9.95. The molecule has 0 bridgehead atoms. The third-order valence-electron chi connectivity index (χ3n) is 5.30. The second kappa shape index (κ2) is 7.27. The lowest BCUT2D eigenvalue weighted by Crippen LogP contribution is -2.23.